The van der Waals surface area contributed by atoms with Gasteiger partial charge in [-0.1, -0.05) is 31.5 Å². The first-order chi connectivity index (χ1) is 7.69. The van der Waals surface area contributed by atoms with Gasteiger partial charge in [-0.15, -0.1) is 0 Å². The van der Waals surface area contributed by atoms with Crippen LogP contribution in [-0.2, 0) is 13.1 Å². The zero-order valence-corrected chi connectivity index (χ0v) is 10.9. The van der Waals surface area contributed by atoms with E-state index in [-0.39, 0.29) is 0 Å². The Balaban J connectivity index is 2.74. The van der Waals surface area contributed by atoms with E-state index in [9.17, 15) is 0 Å². The average molecular weight is 241 g/mol. The fourth-order valence-electron chi connectivity index (χ4n) is 1.85. The first kappa shape index (κ1) is 13.5. The van der Waals surface area contributed by atoms with Gasteiger partial charge in [-0.25, -0.2) is 0 Å². The molecule has 0 unspecified atom stereocenters. The minimum absolute atomic E-state index is 0.549. The Kier molecular flexibility index (Phi) is 5.81. The molecule has 2 nitrogen and oxygen atoms in total. The van der Waals surface area contributed by atoms with Crippen LogP contribution in [0.25, 0.3) is 0 Å². The molecular weight excluding hydrogens is 220 g/mol. The van der Waals surface area contributed by atoms with Gasteiger partial charge in [0.05, 0.1) is 0 Å². The van der Waals surface area contributed by atoms with E-state index in [4.69, 9.17) is 17.3 Å². The normalized spacial score (nSPS) is 11.1. The number of nitrogens with zero attached hydrogens (tertiary/aromatic N) is 1. The lowest BCUT2D eigenvalue weighted by atomic mass is 10.1. The molecule has 0 fully saturated rings. The molecule has 0 aliphatic carbocycles. The van der Waals surface area contributed by atoms with Crippen LogP contribution in [0.2, 0.25) is 5.02 Å². The predicted octanol–water partition coefficient (Wildman–Crippen LogP) is 3.03. The van der Waals surface area contributed by atoms with Crippen molar-refractivity contribution >= 4 is 11.6 Å². The second-order valence-corrected chi connectivity index (χ2v) is 4.48. The Labute approximate surface area is 103 Å². The summed E-state index contributed by atoms with van der Waals surface area (Å²) in [7, 11) is 0. The molecule has 0 aliphatic heterocycles. The molecule has 1 aromatic carbocycles. The fraction of sp³-hybridized carbons (Fsp3) is 0.538. The summed E-state index contributed by atoms with van der Waals surface area (Å²) >= 11 is 6.06. The maximum atomic E-state index is 6.06. The van der Waals surface area contributed by atoms with Crippen LogP contribution in [0.5, 0.6) is 0 Å². The van der Waals surface area contributed by atoms with Crippen LogP contribution in [0.3, 0.4) is 0 Å². The molecule has 0 amide bonds. The number of hydrogen-bond donors (Lipinski definition) is 1. The van der Waals surface area contributed by atoms with Gasteiger partial charge in [0.25, 0.3) is 0 Å². The van der Waals surface area contributed by atoms with Crippen molar-refractivity contribution in [3.63, 3.8) is 0 Å². The lowest BCUT2D eigenvalue weighted by molar-refractivity contribution is 0.280. The zero-order valence-electron chi connectivity index (χ0n) is 10.2. The maximum absolute atomic E-state index is 6.06. The Morgan fingerprint density at radius 2 is 1.88 bits per heavy atom. The summed E-state index contributed by atoms with van der Waals surface area (Å²) in [6.45, 7) is 8.08. The third-order valence-corrected chi connectivity index (χ3v) is 2.86. The van der Waals surface area contributed by atoms with Crippen molar-refractivity contribution < 1.29 is 0 Å². The van der Waals surface area contributed by atoms with Crippen molar-refractivity contribution in [1.82, 2.24) is 4.90 Å². The van der Waals surface area contributed by atoms with Gasteiger partial charge in [-0.2, -0.15) is 0 Å². The van der Waals surface area contributed by atoms with Gasteiger partial charge in [0, 0.05) is 18.1 Å². The van der Waals surface area contributed by atoms with Gasteiger partial charge in [-0.05, 0) is 42.8 Å². The number of nitrogens with two attached hydrogens (primary N) is 1. The maximum Gasteiger partial charge on any atom is 0.0412 e. The highest BCUT2D eigenvalue weighted by Crippen LogP contribution is 2.16. The van der Waals surface area contributed by atoms with E-state index in [0.717, 1.165) is 30.2 Å². The monoisotopic (exact) mass is 240 g/mol. The molecule has 16 heavy (non-hydrogen) atoms. The highest BCUT2D eigenvalue weighted by molar-refractivity contribution is 6.30. The zero-order chi connectivity index (χ0) is 12.0. The number of benzene rings is 1. The Hall–Kier alpha value is -0.570. The minimum Gasteiger partial charge on any atom is -0.326 e. The predicted molar refractivity (Wildman–Crippen MR) is 70.6 cm³/mol. The van der Waals surface area contributed by atoms with E-state index in [1.165, 1.54) is 12.0 Å². The molecule has 90 valence electrons. The summed E-state index contributed by atoms with van der Waals surface area (Å²) in [6.07, 6.45) is 1.18. The SMILES string of the molecule is CCCN(CC)Cc1cc(Cl)cc(CN)c1. The van der Waals surface area contributed by atoms with Crippen LogP contribution in [0, 0.1) is 0 Å². The van der Waals surface area contributed by atoms with Gasteiger partial charge >= 0.3 is 0 Å². The summed E-state index contributed by atoms with van der Waals surface area (Å²) in [5.41, 5.74) is 8.00. The first-order valence-corrected chi connectivity index (χ1v) is 6.28. The van der Waals surface area contributed by atoms with Gasteiger partial charge in [0.1, 0.15) is 0 Å². The van der Waals surface area contributed by atoms with Crippen LogP contribution < -0.4 is 5.73 Å². The van der Waals surface area contributed by atoms with Crippen molar-refractivity contribution in [3.8, 4) is 0 Å². The van der Waals surface area contributed by atoms with Crippen molar-refractivity contribution in [3.05, 3.63) is 34.3 Å². The topological polar surface area (TPSA) is 29.3 Å². The molecular formula is C13H21ClN2. The minimum atomic E-state index is 0.549. The molecule has 0 aromatic heterocycles. The second kappa shape index (κ2) is 6.89. The molecule has 0 saturated carbocycles. The number of rotatable bonds is 6. The van der Waals surface area contributed by atoms with Crippen molar-refractivity contribution in [2.75, 3.05) is 13.1 Å². The quantitative estimate of drug-likeness (QED) is 0.828. The van der Waals surface area contributed by atoms with E-state index in [1.54, 1.807) is 0 Å². The molecule has 0 saturated heterocycles. The van der Waals surface area contributed by atoms with E-state index in [1.807, 2.05) is 12.1 Å². The molecule has 3 heteroatoms. The highest BCUT2D eigenvalue weighted by Gasteiger charge is 2.04. The second-order valence-electron chi connectivity index (χ2n) is 4.04. The van der Waals surface area contributed by atoms with E-state index < -0.39 is 0 Å². The summed E-state index contributed by atoms with van der Waals surface area (Å²) in [4.78, 5) is 2.41. The molecule has 0 aliphatic rings. The van der Waals surface area contributed by atoms with Gasteiger partial charge in [-0.3, -0.25) is 4.90 Å². The Morgan fingerprint density at radius 1 is 1.19 bits per heavy atom. The first-order valence-electron chi connectivity index (χ1n) is 5.90. The molecule has 0 radical (unpaired) electrons. The Bertz CT molecular complexity index is 326. The standard InChI is InChI=1S/C13H21ClN2/c1-3-5-16(4-2)10-12-6-11(9-15)7-13(14)8-12/h6-8H,3-5,9-10,15H2,1-2H3. The Morgan fingerprint density at radius 3 is 2.44 bits per heavy atom. The molecule has 2 N–H and O–H groups in total. The smallest absolute Gasteiger partial charge is 0.0412 e. The third-order valence-electron chi connectivity index (χ3n) is 2.65. The number of halogens is 1. The summed E-state index contributed by atoms with van der Waals surface area (Å²) in [5.74, 6) is 0. The lowest BCUT2D eigenvalue weighted by Crippen LogP contribution is -2.23. The molecule has 1 aromatic rings. The van der Waals surface area contributed by atoms with Gasteiger partial charge < -0.3 is 5.73 Å². The fourth-order valence-corrected chi connectivity index (χ4v) is 2.13. The van der Waals surface area contributed by atoms with Crippen molar-refractivity contribution in [2.45, 2.75) is 33.4 Å². The molecule has 0 heterocycles. The van der Waals surface area contributed by atoms with Crippen LogP contribution >= 0.6 is 11.6 Å². The average Bonchev–Trinajstić information content (AvgIpc) is 2.27. The summed E-state index contributed by atoms with van der Waals surface area (Å²) in [6, 6.07) is 6.10. The molecule has 0 spiro atoms. The van der Waals surface area contributed by atoms with Crippen LogP contribution in [0.15, 0.2) is 18.2 Å². The van der Waals surface area contributed by atoms with Crippen LogP contribution in [0.1, 0.15) is 31.4 Å². The van der Waals surface area contributed by atoms with Crippen LogP contribution in [-0.4, -0.2) is 18.0 Å². The van der Waals surface area contributed by atoms with Crippen molar-refractivity contribution in [1.29, 1.82) is 0 Å². The lowest BCUT2D eigenvalue weighted by Gasteiger charge is -2.20. The van der Waals surface area contributed by atoms with Gasteiger partial charge in [0.15, 0.2) is 0 Å². The highest BCUT2D eigenvalue weighted by atomic mass is 35.5. The summed E-state index contributed by atoms with van der Waals surface area (Å²) < 4.78 is 0. The number of hydrogen-bond acceptors (Lipinski definition) is 2. The molecule has 1 rings (SSSR count). The van der Waals surface area contributed by atoms with Crippen molar-refractivity contribution in [2.24, 2.45) is 5.73 Å². The van der Waals surface area contributed by atoms with Gasteiger partial charge in [0.2, 0.25) is 0 Å². The third kappa shape index (κ3) is 4.12. The molecule has 0 bridgehead atoms. The van der Waals surface area contributed by atoms with Crippen LogP contribution in [0.4, 0.5) is 0 Å². The van der Waals surface area contributed by atoms with E-state index in [2.05, 4.69) is 24.8 Å². The summed E-state index contributed by atoms with van der Waals surface area (Å²) in [5, 5.41) is 0.783. The largest absolute Gasteiger partial charge is 0.326 e. The molecule has 0 atom stereocenters. The van der Waals surface area contributed by atoms with E-state index in [0.29, 0.717) is 6.54 Å². The van der Waals surface area contributed by atoms with E-state index >= 15 is 0 Å².